The highest BCUT2D eigenvalue weighted by molar-refractivity contribution is 8.00. The minimum atomic E-state index is -0.403. The van der Waals surface area contributed by atoms with Crippen molar-refractivity contribution in [2.75, 3.05) is 13.1 Å². The van der Waals surface area contributed by atoms with Crippen LogP contribution in [0.1, 0.15) is 45.6 Å². The molecule has 3 amide bonds. The maximum atomic E-state index is 12.8. The van der Waals surface area contributed by atoms with E-state index >= 15 is 0 Å². The van der Waals surface area contributed by atoms with Crippen LogP contribution in [-0.2, 0) is 4.79 Å². The summed E-state index contributed by atoms with van der Waals surface area (Å²) in [5, 5.41) is 14.2. The number of hydrogen-bond donors (Lipinski definition) is 1. The number of nitrogens with zero attached hydrogens (tertiary/aromatic N) is 4. The second kappa shape index (κ2) is 8.00. The molecule has 0 radical (unpaired) electrons. The lowest BCUT2D eigenvalue weighted by Gasteiger charge is -2.30. The average molecular weight is 446 g/mol. The van der Waals surface area contributed by atoms with Crippen LogP contribution in [0.2, 0.25) is 0 Å². The molecule has 3 fully saturated rings. The Kier molecular flexibility index (Phi) is 5.35. The van der Waals surface area contributed by atoms with E-state index in [4.69, 9.17) is 0 Å². The van der Waals surface area contributed by atoms with Gasteiger partial charge in [0.2, 0.25) is 5.91 Å². The zero-order chi connectivity index (χ0) is 20.8. The Labute approximate surface area is 184 Å². The molecule has 2 saturated carbocycles. The second-order valence-electron chi connectivity index (χ2n) is 8.71. The van der Waals surface area contributed by atoms with Gasteiger partial charge >= 0.3 is 6.03 Å². The van der Waals surface area contributed by atoms with E-state index in [1.807, 2.05) is 13.0 Å². The van der Waals surface area contributed by atoms with Crippen molar-refractivity contribution in [1.29, 1.82) is 0 Å². The van der Waals surface area contributed by atoms with Crippen LogP contribution in [0.3, 0.4) is 0 Å². The summed E-state index contributed by atoms with van der Waals surface area (Å²) >= 11 is 3.08. The Hall–Kier alpha value is -1.87. The summed E-state index contributed by atoms with van der Waals surface area (Å²) in [5.74, 6) is 3.01. The van der Waals surface area contributed by atoms with Gasteiger partial charge in [-0.1, -0.05) is 24.2 Å². The summed E-state index contributed by atoms with van der Waals surface area (Å²) in [6.45, 7) is 5.08. The molecule has 5 atom stereocenters. The van der Waals surface area contributed by atoms with E-state index in [0.29, 0.717) is 19.0 Å². The van der Waals surface area contributed by atoms with Gasteiger partial charge in [0.05, 0.1) is 10.1 Å². The number of aromatic nitrogens is 3. The third-order valence-corrected chi connectivity index (χ3v) is 8.89. The molecule has 1 N–H and O–H groups in total. The first-order valence-corrected chi connectivity index (χ1v) is 12.5. The van der Waals surface area contributed by atoms with Crippen LogP contribution < -0.4 is 5.32 Å². The first-order valence-electron chi connectivity index (χ1n) is 10.8. The summed E-state index contributed by atoms with van der Waals surface area (Å²) < 4.78 is 2.26. The van der Waals surface area contributed by atoms with Gasteiger partial charge < -0.3 is 5.32 Å². The Morgan fingerprint density at radius 3 is 2.80 bits per heavy atom. The monoisotopic (exact) mass is 445 g/mol. The molecule has 1 aliphatic heterocycles. The van der Waals surface area contributed by atoms with Gasteiger partial charge in [0, 0.05) is 19.1 Å². The van der Waals surface area contributed by atoms with Crippen molar-refractivity contribution in [2.45, 2.75) is 56.0 Å². The van der Waals surface area contributed by atoms with Crippen LogP contribution in [0.5, 0.6) is 0 Å². The molecule has 9 heteroatoms. The second-order valence-corrected chi connectivity index (χ2v) is 11.0. The first kappa shape index (κ1) is 20.1. The van der Waals surface area contributed by atoms with Gasteiger partial charge in [-0.05, 0) is 62.3 Å². The van der Waals surface area contributed by atoms with Crippen LogP contribution in [0.15, 0.2) is 22.7 Å². The SMILES string of the molecule is CC(Sc1nnc(-c2cccs2)n1C(C)C1CC2CCC1C2)C(=O)N1CCNC1=O. The summed E-state index contributed by atoms with van der Waals surface area (Å²) in [6.07, 6.45) is 5.34. The van der Waals surface area contributed by atoms with Crippen LogP contribution in [0.4, 0.5) is 4.79 Å². The molecule has 0 spiro atoms. The molecule has 0 aromatic carbocycles. The van der Waals surface area contributed by atoms with Crippen molar-refractivity contribution in [3.63, 3.8) is 0 Å². The molecule has 160 valence electrons. The predicted molar refractivity (Wildman–Crippen MR) is 117 cm³/mol. The van der Waals surface area contributed by atoms with Crippen molar-refractivity contribution in [3.8, 4) is 10.7 Å². The average Bonchev–Trinajstić information content (AvgIpc) is 3.55. The number of rotatable bonds is 6. The van der Waals surface area contributed by atoms with E-state index in [2.05, 4.69) is 38.5 Å². The van der Waals surface area contributed by atoms with E-state index in [-0.39, 0.29) is 18.0 Å². The quantitative estimate of drug-likeness (QED) is 0.679. The molecule has 3 heterocycles. The van der Waals surface area contributed by atoms with Gasteiger partial charge in [-0.2, -0.15) is 0 Å². The number of nitrogens with one attached hydrogen (secondary N) is 1. The highest BCUT2D eigenvalue weighted by atomic mass is 32.2. The topological polar surface area (TPSA) is 80.1 Å². The Morgan fingerprint density at radius 1 is 1.30 bits per heavy atom. The van der Waals surface area contributed by atoms with Crippen LogP contribution in [0.25, 0.3) is 10.7 Å². The van der Waals surface area contributed by atoms with Gasteiger partial charge in [0.1, 0.15) is 0 Å². The Balaban J connectivity index is 1.43. The van der Waals surface area contributed by atoms with Crippen molar-refractivity contribution in [1.82, 2.24) is 25.0 Å². The van der Waals surface area contributed by atoms with E-state index in [1.165, 1.54) is 42.3 Å². The number of thioether (sulfide) groups is 1. The van der Waals surface area contributed by atoms with E-state index < -0.39 is 5.25 Å². The van der Waals surface area contributed by atoms with Crippen molar-refractivity contribution >= 4 is 35.0 Å². The molecular formula is C21H27N5O2S2. The fourth-order valence-corrected chi connectivity index (χ4v) is 7.19. The molecule has 1 saturated heterocycles. The number of hydrogen-bond acceptors (Lipinski definition) is 6. The standard InChI is InChI=1S/C21H27N5O2S2/c1-12(16-11-14-5-6-15(16)10-14)26-18(17-4-3-9-29-17)23-24-21(26)30-13(2)19(27)25-8-7-22-20(25)28/h3-4,9,12-16H,5-8,10-11H2,1-2H3,(H,22,28). The number of urea groups is 1. The maximum Gasteiger partial charge on any atom is 0.324 e. The highest BCUT2D eigenvalue weighted by Crippen LogP contribution is 2.53. The Bertz CT molecular complexity index is 943. The normalized spacial score (nSPS) is 27.5. The van der Waals surface area contributed by atoms with Crippen molar-refractivity contribution < 1.29 is 9.59 Å². The number of imide groups is 1. The summed E-state index contributed by atoms with van der Waals surface area (Å²) in [6, 6.07) is 4.10. The predicted octanol–water partition coefficient (Wildman–Crippen LogP) is 4.04. The number of fused-ring (bicyclic) bond motifs is 2. The number of carbonyl (C=O) groups excluding carboxylic acids is 2. The summed E-state index contributed by atoms with van der Waals surface area (Å²) in [5.41, 5.74) is 0. The number of thiophene rings is 1. The zero-order valence-electron chi connectivity index (χ0n) is 17.3. The maximum absolute atomic E-state index is 12.8. The lowest BCUT2D eigenvalue weighted by Crippen LogP contribution is -2.39. The first-order chi connectivity index (χ1) is 14.5. The largest absolute Gasteiger partial charge is 0.336 e. The van der Waals surface area contributed by atoms with E-state index in [1.54, 1.807) is 11.3 Å². The molecular weight excluding hydrogens is 418 g/mol. The lowest BCUT2D eigenvalue weighted by molar-refractivity contribution is -0.126. The lowest BCUT2D eigenvalue weighted by atomic mass is 9.84. The zero-order valence-corrected chi connectivity index (χ0v) is 18.9. The molecule has 2 aromatic heterocycles. The van der Waals surface area contributed by atoms with Crippen LogP contribution in [0, 0.1) is 17.8 Å². The minimum Gasteiger partial charge on any atom is -0.336 e. The molecule has 7 nitrogen and oxygen atoms in total. The molecule has 30 heavy (non-hydrogen) atoms. The van der Waals surface area contributed by atoms with Crippen molar-refractivity contribution in [3.05, 3.63) is 17.5 Å². The van der Waals surface area contributed by atoms with Crippen LogP contribution in [-0.4, -0.2) is 49.9 Å². The minimum absolute atomic E-state index is 0.171. The van der Waals surface area contributed by atoms with E-state index in [0.717, 1.165) is 27.7 Å². The molecule has 3 aliphatic rings. The third-order valence-electron chi connectivity index (χ3n) is 6.98. The Morgan fingerprint density at radius 2 is 2.17 bits per heavy atom. The third kappa shape index (κ3) is 3.45. The highest BCUT2D eigenvalue weighted by Gasteiger charge is 2.43. The molecule has 5 unspecified atom stereocenters. The number of carbonyl (C=O) groups is 2. The van der Waals surface area contributed by atoms with Crippen LogP contribution >= 0.6 is 23.1 Å². The molecule has 2 aliphatic carbocycles. The fourth-order valence-electron chi connectivity index (χ4n) is 5.48. The fraction of sp³-hybridized carbons (Fsp3) is 0.619. The van der Waals surface area contributed by atoms with Gasteiger partial charge in [-0.3, -0.25) is 14.3 Å². The van der Waals surface area contributed by atoms with Gasteiger partial charge in [0.25, 0.3) is 0 Å². The van der Waals surface area contributed by atoms with Gasteiger partial charge in [-0.25, -0.2) is 4.79 Å². The molecule has 5 rings (SSSR count). The van der Waals surface area contributed by atoms with E-state index in [9.17, 15) is 9.59 Å². The number of amides is 3. The van der Waals surface area contributed by atoms with Gasteiger partial charge in [0.15, 0.2) is 11.0 Å². The van der Waals surface area contributed by atoms with Crippen molar-refractivity contribution in [2.24, 2.45) is 17.8 Å². The summed E-state index contributed by atoms with van der Waals surface area (Å²) in [4.78, 5) is 27.1. The van der Waals surface area contributed by atoms with Gasteiger partial charge in [-0.15, -0.1) is 21.5 Å². The molecule has 2 bridgehead atoms. The summed E-state index contributed by atoms with van der Waals surface area (Å²) in [7, 11) is 0. The smallest absolute Gasteiger partial charge is 0.324 e. The molecule has 2 aromatic rings.